The zero-order valence-corrected chi connectivity index (χ0v) is 16.4. The summed E-state index contributed by atoms with van der Waals surface area (Å²) in [5.41, 5.74) is 1.87. The third kappa shape index (κ3) is 4.06. The molecular formula is C22H25N3O3. The van der Waals surface area contributed by atoms with Crippen LogP contribution in [0.25, 0.3) is 0 Å². The fraction of sp³-hybridized carbons (Fsp3) is 0.318. The molecule has 2 aromatic carbocycles. The molecule has 2 aromatic rings. The molecule has 0 saturated heterocycles. The average molecular weight is 379 g/mol. The van der Waals surface area contributed by atoms with Crippen molar-refractivity contribution in [2.75, 3.05) is 22.1 Å². The van der Waals surface area contributed by atoms with Gasteiger partial charge in [-0.2, -0.15) is 0 Å². The molecule has 1 heterocycles. The lowest BCUT2D eigenvalue weighted by atomic mass is 9.88. The molecule has 0 radical (unpaired) electrons. The molecule has 0 atom stereocenters. The maximum Gasteiger partial charge on any atom is 0.242 e. The lowest BCUT2D eigenvalue weighted by Crippen LogP contribution is -2.49. The lowest BCUT2D eigenvalue weighted by Gasteiger charge is -2.35. The summed E-state index contributed by atoms with van der Waals surface area (Å²) in [5.74, 6) is -0.807. The number of hydrogen-bond donors (Lipinski definition) is 2. The van der Waals surface area contributed by atoms with Gasteiger partial charge in [0.05, 0.1) is 0 Å². The third-order valence-corrected chi connectivity index (χ3v) is 4.90. The van der Waals surface area contributed by atoms with E-state index in [1.54, 1.807) is 43.0 Å². The highest BCUT2D eigenvalue weighted by Crippen LogP contribution is 2.32. The van der Waals surface area contributed by atoms with Crippen molar-refractivity contribution in [2.24, 2.45) is 5.41 Å². The van der Waals surface area contributed by atoms with E-state index in [0.29, 0.717) is 17.9 Å². The van der Waals surface area contributed by atoms with Gasteiger partial charge in [0.25, 0.3) is 0 Å². The fourth-order valence-corrected chi connectivity index (χ4v) is 3.34. The van der Waals surface area contributed by atoms with Crippen LogP contribution >= 0.6 is 0 Å². The maximum absolute atomic E-state index is 13.2. The van der Waals surface area contributed by atoms with Gasteiger partial charge in [0, 0.05) is 30.5 Å². The summed E-state index contributed by atoms with van der Waals surface area (Å²) in [6, 6.07) is 14.7. The van der Waals surface area contributed by atoms with E-state index in [1.165, 1.54) is 6.92 Å². The standard InChI is InChI=1S/C22H25N3O3/c1-15(26)23-17-10-6-11-18(14-17)24-20(27)22(2,3)21(28)25-13-7-9-16-8-4-5-12-19(16)25/h4-6,8,10-12,14H,7,9,13H2,1-3H3,(H,23,26)(H,24,27). The molecule has 1 aliphatic heterocycles. The van der Waals surface area contributed by atoms with E-state index in [4.69, 9.17) is 0 Å². The maximum atomic E-state index is 13.2. The van der Waals surface area contributed by atoms with Gasteiger partial charge in [0.1, 0.15) is 5.41 Å². The number of nitrogens with zero attached hydrogens (tertiary/aromatic N) is 1. The molecule has 3 rings (SSSR count). The summed E-state index contributed by atoms with van der Waals surface area (Å²) in [7, 11) is 0. The van der Waals surface area contributed by atoms with Crippen LogP contribution < -0.4 is 15.5 Å². The van der Waals surface area contributed by atoms with Gasteiger partial charge in [0.2, 0.25) is 17.7 Å². The molecule has 2 N–H and O–H groups in total. The SMILES string of the molecule is CC(=O)Nc1cccc(NC(=O)C(C)(C)C(=O)N2CCCc3ccccc32)c1. The predicted molar refractivity (Wildman–Crippen MR) is 110 cm³/mol. The Morgan fingerprint density at radius 3 is 2.36 bits per heavy atom. The number of para-hydroxylation sites is 1. The largest absolute Gasteiger partial charge is 0.326 e. The first-order valence-electron chi connectivity index (χ1n) is 9.38. The van der Waals surface area contributed by atoms with E-state index in [9.17, 15) is 14.4 Å². The van der Waals surface area contributed by atoms with E-state index in [2.05, 4.69) is 10.6 Å². The van der Waals surface area contributed by atoms with Gasteiger partial charge < -0.3 is 15.5 Å². The van der Waals surface area contributed by atoms with Crippen LogP contribution in [0, 0.1) is 5.41 Å². The first-order valence-corrected chi connectivity index (χ1v) is 9.38. The predicted octanol–water partition coefficient (Wildman–Crippen LogP) is 3.59. The number of carbonyl (C=O) groups is 3. The quantitative estimate of drug-likeness (QED) is 0.797. The minimum absolute atomic E-state index is 0.192. The summed E-state index contributed by atoms with van der Waals surface area (Å²) < 4.78 is 0. The van der Waals surface area contributed by atoms with Crippen molar-refractivity contribution in [3.8, 4) is 0 Å². The molecule has 1 aliphatic rings. The van der Waals surface area contributed by atoms with Crippen LogP contribution in [0.15, 0.2) is 48.5 Å². The van der Waals surface area contributed by atoms with Gasteiger partial charge in [-0.15, -0.1) is 0 Å². The summed E-state index contributed by atoms with van der Waals surface area (Å²) in [6.07, 6.45) is 1.81. The first kappa shape index (κ1) is 19.6. The molecule has 6 nitrogen and oxygen atoms in total. The number of fused-ring (bicyclic) bond motifs is 1. The number of amides is 3. The minimum atomic E-state index is -1.24. The van der Waals surface area contributed by atoms with Crippen LogP contribution in [0.1, 0.15) is 32.8 Å². The monoisotopic (exact) mass is 379 g/mol. The van der Waals surface area contributed by atoms with Crippen molar-refractivity contribution in [3.05, 3.63) is 54.1 Å². The van der Waals surface area contributed by atoms with E-state index in [1.807, 2.05) is 24.3 Å². The number of benzene rings is 2. The van der Waals surface area contributed by atoms with Gasteiger partial charge in [0.15, 0.2) is 0 Å². The second kappa shape index (κ2) is 7.84. The average Bonchev–Trinajstić information content (AvgIpc) is 2.66. The number of rotatable bonds is 4. The molecule has 0 aromatic heterocycles. The Morgan fingerprint density at radius 1 is 0.964 bits per heavy atom. The van der Waals surface area contributed by atoms with E-state index >= 15 is 0 Å². The molecule has 0 bridgehead atoms. The molecule has 146 valence electrons. The van der Waals surface area contributed by atoms with Crippen LogP contribution in [0.3, 0.4) is 0 Å². The Bertz CT molecular complexity index is 921. The van der Waals surface area contributed by atoms with Gasteiger partial charge in [-0.05, 0) is 56.5 Å². The number of hydrogen-bond acceptors (Lipinski definition) is 3. The molecule has 6 heteroatoms. The van der Waals surface area contributed by atoms with Crippen molar-refractivity contribution in [2.45, 2.75) is 33.6 Å². The highest BCUT2D eigenvalue weighted by Gasteiger charge is 2.40. The summed E-state index contributed by atoms with van der Waals surface area (Å²) in [6.45, 7) is 5.30. The Hall–Kier alpha value is -3.15. The summed E-state index contributed by atoms with van der Waals surface area (Å²) in [4.78, 5) is 39.1. The number of nitrogens with one attached hydrogen (secondary N) is 2. The second-order valence-corrected chi connectivity index (χ2v) is 7.53. The van der Waals surface area contributed by atoms with E-state index in [0.717, 1.165) is 24.1 Å². The van der Waals surface area contributed by atoms with Crippen molar-refractivity contribution in [3.63, 3.8) is 0 Å². The molecule has 0 spiro atoms. The van der Waals surface area contributed by atoms with Crippen LogP contribution in [0.5, 0.6) is 0 Å². The summed E-state index contributed by atoms with van der Waals surface area (Å²) in [5, 5.41) is 5.48. The first-order chi connectivity index (χ1) is 13.3. The Kier molecular flexibility index (Phi) is 5.49. The zero-order valence-electron chi connectivity index (χ0n) is 16.4. The lowest BCUT2D eigenvalue weighted by molar-refractivity contribution is -0.136. The van der Waals surface area contributed by atoms with Crippen LogP contribution in [-0.2, 0) is 20.8 Å². The van der Waals surface area contributed by atoms with Crippen molar-refractivity contribution in [1.29, 1.82) is 0 Å². The highest BCUT2D eigenvalue weighted by molar-refractivity contribution is 6.15. The molecule has 28 heavy (non-hydrogen) atoms. The van der Waals surface area contributed by atoms with Crippen molar-refractivity contribution in [1.82, 2.24) is 0 Å². The number of carbonyl (C=O) groups excluding carboxylic acids is 3. The Morgan fingerprint density at radius 2 is 1.64 bits per heavy atom. The van der Waals surface area contributed by atoms with Gasteiger partial charge in [-0.3, -0.25) is 14.4 Å². The van der Waals surface area contributed by atoms with Crippen LogP contribution in [-0.4, -0.2) is 24.3 Å². The van der Waals surface area contributed by atoms with E-state index in [-0.39, 0.29) is 17.7 Å². The molecule has 0 aliphatic carbocycles. The normalized spacial score (nSPS) is 13.5. The van der Waals surface area contributed by atoms with E-state index < -0.39 is 5.41 Å². The zero-order chi connectivity index (χ0) is 20.3. The van der Waals surface area contributed by atoms with Crippen LogP contribution in [0.4, 0.5) is 17.1 Å². The smallest absolute Gasteiger partial charge is 0.242 e. The van der Waals surface area contributed by atoms with Gasteiger partial charge in [-0.1, -0.05) is 24.3 Å². The van der Waals surface area contributed by atoms with Crippen LogP contribution in [0.2, 0.25) is 0 Å². The number of anilines is 3. The van der Waals surface area contributed by atoms with Gasteiger partial charge >= 0.3 is 0 Å². The molecule has 0 unspecified atom stereocenters. The molecule has 3 amide bonds. The van der Waals surface area contributed by atoms with Crippen molar-refractivity contribution < 1.29 is 14.4 Å². The molecule has 0 fully saturated rings. The topological polar surface area (TPSA) is 78.5 Å². The van der Waals surface area contributed by atoms with Crippen molar-refractivity contribution >= 4 is 34.8 Å². The number of aryl methyl sites for hydroxylation is 1. The fourth-order valence-electron chi connectivity index (χ4n) is 3.34. The summed E-state index contributed by atoms with van der Waals surface area (Å²) >= 11 is 0. The van der Waals surface area contributed by atoms with Gasteiger partial charge in [-0.25, -0.2) is 0 Å². The third-order valence-electron chi connectivity index (χ3n) is 4.90. The Balaban J connectivity index is 1.78. The minimum Gasteiger partial charge on any atom is -0.326 e. The second-order valence-electron chi connectivity index (χ2n) is 7.53. The Labute approximate surface area is 164 Å². The molecular weight excluding hydrogens is 354 g/mol. The highest BCUT2D eigenvalue weighted by atomic mass is 16.2. The molecule has 0 saturated carbocycles.